The van der Waals surface area contributed by atoms with Gasteiger partial charge < -0.3 is 4.74 Å². The topological polar surface area (TPSA) is 43.6 Å². The van der Waals surface area contributed by atoms with Gasteiger partial charge in [0.15, 0.2) is 12.2 Å². The van der Waals surface area contributed by atoms with Gasteiger partial charge in [-0.2, -0.15) is 0 Å². The van der Waals surface area contributed by atoms with Crippen molar-refractivity contribution in [2.45, 2.75) is 13.3 Å². The van der Waals surface area contributed by atoms with Gasteiger partial charge in [-0.3, -0.25) is 9.20 Å². The largest absolute Gasteiger partial charge is 0.482 e. The smallest absolute Gasteiger partial charge is 0.199 e. The summed E-state index contributed by atoms with van der Waals surface area (Å²) in [5.74, 6) is 1.54. The molecule has 0 N–H and O–H groups in total. The molecule has 0 atom stereocenters. The average Bonchev–Trinajstić information content (AvgIpc) is 2.66. The van der Waals surface area contributed by atoms with Crippen molar-refractivity contribution in [1.82, 2.24) is 9.38 Å². The number of aryl methyl sites for hydroxylation is 1. The summed E-state index contributed by atoms with van der Waals surface area (Å²) in [6.45, 7) is 2.00. The predicted octanol–water partition coefficient (Wildman–Crippen LogP) is 1.72. The van der Waals surface area contributed by atoms with Crippen LogP contribution in [0, 0.1) is 0 Å². The van der Waals surface area contributed by atoms with Crippen LogP contribution in [0.4, 0.5) is 0 Å². The van der Waals surface area contributed by atoms with Gasteiger partial charge in [-0.05, 0) is 12.1 Å². The summed E-state index contributed by atoms with van der Waals surface area (Å²) in [7, 11) is 1.61. The fraction of sp³-hybridized carbons (Fsp3) is 0.273. The summed E-state index contributed by atoms with van der Waals surface area (Å²) in [5, 5.41) is 0. The molecule has 2 heterocycles. The van der Waals surface area contributed by atoms with Crippen LogP contribution in [0.3, 0.4) is 0 Å². The van der Waals surface area contributed by atoms with Gasteiger partial charge in [-0.15, -0.1) is 0 Å². The van der Waals surface area contributed by atoms with Crippen LogP contribution in [0.1, 0.15) is 23.2 Å². The Bertz CT molecular complexity index is 503. The number of fused-ring (bicyclic) bond motifs is 1. The summed E-state index contributed by atoms with van der Waals surface area (Å²) in [6, 6.07) is 5.56. The lowest BCUT2D eigenvalue weighted by atomic mass is 10.3. The SMILES string of the molecule is CCc1nc(C=O)c2cccc(OC)n12. The molecule has 0 saturated heterocycles. The first-order chi connectivity index (χ1) is 7.31. The summed E-state index contributed by atoms with van der Waals surface area (Å²) in [5.41, 5.74) is 1.26. The van der Waals surface area contributed by atoms with Crippen molar-refractivity contribution >= 4 is 11.8 Å². The second kappa shape index (κ2) is 3.73. The fourth-order valence-corrected chi connectivity index (χ4v) is 1.69. The number of nitrogens with zero attached hydrogens (tertiary/aromatic N) is 2. The number of carbonyl (C=O) groups is 1. The predicted molar refractivity (Wildman–Crippen MR) is 56.5 cm³/mol. The van der Waals surface area contributed by atoms with Gasteiger partial charge >= 0.3 is 0 Å². The lowest BCUT2D eigenvalue weighted by Crippen LogP contribution is -1.97. The molecule has 0 aliphatic carbocycles. The maximum Gasteiger partial charge on any atom is 0.199 e. The lowest BCUT2D eigenvalue weighted by Gasteiger charge is -2.05. The number of hydrogen-bond acceptors (Lipinski definition) is 3. The van der Waals surface area contributed by atoms with E-state index in [0.29, 0.717) is 11.6 Å². The van der Waals surface area contributed by atoms with Crippen LogP contribution in [0.15, 0.2) is 18.2 Å². The molecular weight excluding hydrogens is 192 g/mol. The molecule has 0 fully saturated rings. The van der Waals surface area contributed by atoms with Gasteiger partial charge in [-0.25, -0.2) is 4.98 Å². The van der Waals surface area contributed by atoms with Crippen LogP contribution in [0.5, 0.6) is 5.88 Å². The van der Waals surface area contributed by atoms with Crippen LogP contribution in [0.25, 0.3) is 5.52 Å². The van der Waals surface area contributed by atoms with Crippen LogP contribution >= 0.6 is 0 Å². The van der Waals surface area contributed by atoms with Crippen molar-refractivity contribution in [3.05, 3.63) is 29.7 Å². The summed E-state index contributed by atoms with van der Waals surface area (Å²) < 4.78 is 7.10. The highest BCUT2D eigenvalue weighted by molar-refractivity contribution is 5.84. The number of imidazole rings is 1. The molecule has 0 aromatic carbocycles. The van der Waals surface area contributed by atoms with Gasteiger partial charge in [0.25, 0.3) is 0 Å². The molecule has 0 aliphatic rings. The van der Waals surface area contributed by atoms with E-state index in [1.54, 1.807) is 7.11 Å². The number of rotatable bonds is 3. The summed E-state index contributed by atoms with van der Waals surface area (Å²) >= 11 is 0. The number of carbonyl (C=O) groups excluding carboxylic acids is 1. The van der Waals surface area contributed by atoms with E-state index < -0.39 is 0 Å². The summed E-state index contributed by atoms with van der Waals surface area (Å²) in [4.78, 5) is 15.1. The minimum absolute atomic E-state index is 0.464. The second-order valence-corrected chi connectivity index (χ2v) is 3.17. The first-order valence-corrected chi connectivity index (χ1v) is 4.81. The van der Waals surface area contributed by atoms with Gasteiger partial charge in [-0.1, -0.05) is 13.0 Å². The quantitative estimate of drug-likeness (QED) is 0.715. The van der Waals surface area contributed by atoms with Crippen molar-refractivity contribution < 1.29 is 9.53 Å². The number of pyridine rings is 1. The maximum atomic E-state index is 10.8. The molecular formula is C11H12N2O2. The Hall–Kier alpha value is -1.84. The molecule has 0 aliphatic heterocycles. The molecule has 0 radical (unpaired) electrons. The lowest BCUT2D eigenvalue weighted by molar-refractivity contribution is 0.112. The van der Waals surface area contributed by atoms with E-state index in [1.165, 1.54) is 0 Å². The van der Waals surface area contributed by atoms with Gasteiger partial charge in [0, 0.05) is 6.42 Å². The molecule has 15 heavy (non-hydrogen) atoms. The van der Waals surface area contributed by atoms with E-state index in [9.17, 15) is 4.79 Å². The van der Waals surface area contributed by atoms with Crippen molar-refractivity contribution in [3.63, 3.8) is 0 Å². The molecule has 2 aromatic rings. The Morgan fingerprint density at radius 3 is 2.93 bits per heavy atom. The molecule has 0 unspecified atom stereocenters. The van der Waals surface area contributed by atoms with Crippen LogP contribution in [-0.2, 0) is 6.42 Å². The van der Waals surface area contributed by atoms with Gasteiger partial charge in [0.05, 0.1) is 12.6 Å². The molecule has 4 nitrogen and oxygen atoms in total. The van der Waals surface area contributed by atoms with Gasteiger partial charge in [0.1, 0.15) is 11.5 Å². The van der Waals surface area contributed by atoms with Gasteiger partial charge in [0.2, 0.25) is 0 Å². The Morgan fingerprint density at radius 2 is 2.33 bits per heavy atom. The molecule has 0 bridgehead atoms. The average molecular weight is 204 g/mol. The van der Waals surface area contributed by atoms with E-state index in [-0.39, 0.29) is 0 Å². The standard InChI is InChI=1S/C11H12N2O2/c1-3-10-12-8(7-14)9-5-4-6-11(15-2)13(9)10/h4-7H,3H2,1-2H3. The molecule has 0 amide bonds. The van der Waals surface area contributed by atoms with Crippen molar-refractivity contribution in [3.8, 4) is 5.88 Å². The molecule has 0 saturated carbocycles. The molecule has 2 aromatic heterocycles. The highest BCUT2D eigenvalue weighted by Crippen LogP contribution is 2.19. The third kappa shape index (κ3) is 1.38. The summed E-state index contributed by atoms with van der Waals surface area (Å²) in [6.07, 6.45) is 1.53. The van der Waals surface area contributed by atoms with Crippen molar-refractivity contribution in [2.75, 3.05) is 7.11 Å². The van der Waals surface area contributed by atoms with Crippen molar-refractivity contribution in [1.29, 1.82) is 0 Å². The Labute approximate surface area is 87.5 Å². The Balaban J connectivity index is 2.84. The Morgan fingerprint density at radius 1 is 1.53 bits per heavy atom. The number of aromatic nitrogens is 2. The fourth-order valence-electron chi connectivity index (χ4n) is 1.69. The highest BCUT2D eigenvalue weighted by atomic mass is 16.5. The van der Waals surface area contributed by atoms with Crippen LogP contribution < -0.4 is 4.74 Å². The molecule has 4 heteroatoms. The first-order valence-electron chi connectivity index (χ1n) is 4.81. The van der Waals surface area contributed by atoms with Crippen LogP contribution in [-0.4, -0.2) is 22.8 Å². The normalized spacial score (nSPS) is 10.5. The van der Waals surface area contributed by atoms with Crippen LogP contribution in [0.2, 0.25) is 0 Å². The minimum atomic E-state index is 0.464. The third-order valence-corrected chi connectivity index (χ3v) is 2.36. The third-order valence-electron chi connectivity index (χ3n) is 2.36. The zero-order valence-corrected chi connectivity index (χ0v) is 8.73. The number of ether oxygens (including phenoxy) is 1. The maximum absolute atomic E-state index is 10.8. The van der Waals surface area contributed by atoms with E-state index in [2.05, 4.69) is 4.98 Å². The van der Waals surface area contributed by atoms with E-state index in [4.69, 9.17) is 4.74 Å². The molecule has 0 spiro atoms. The monoisotopic (exact) mass is 204 g/mol. The molecule has 2 rings (SSSR count). The van der Waals surface area contributed by atoms with Crippen molar-refractivity contribution in [2.24, 2.45) is 0 Å². The van der Waals surface area contributed by atoms with E-state index in [1.807, 2.05) is 29.5 Å². The zero-order chi connectivity index (χ0) is 10.8. The number of aldehydes is 1. The number of methoxy groups -OCH3 is 1. The van der Waals surface area contributed by atoms with E-state index >= 15 is 0 Å². The van der Waals surface area contributed by atoms with E-state index in [0.717, 1.165) is 24.0 Å². The zero-order valence-electron chi connectivity index (χ0n) is 8.73. The first kappa shape index (κ1) is 9.71. The second-order valence-electron chi connectivity index (χ2n) is 3.17. The number of hydrogen-bond donors (Lipinski definition) is 0. The highest BCUT2D eigenvalue weighted by Gasteiger charge is 2.11. The Kier molecular flexibility index (Phi) is 2.41. The minimum Gasteiger partial charge on any atom is -0.482 e. The molecule has 78 valence electrons.